The molecule has 11 nitrogen and oxygen atoms in total. The fourth-order valence-electron chi connectivity index (χ4n) is 3.97. The number of nitrogens with zero attached hydrogens (tertiary/aromatic N) is 5. The average molecular weight is 503 g/mol. The van der Waals surface area contributed by atoms with Crippen molar-refractivity contribution in [2.24, 2.45) is 0 Å². The van der Waals surface area contributed by atoms with Gasteiger partial charge >= 0.3 is 0 Å². The maximum Gasteiger partial charge on any atom is 0.243 e. The average Bonchev–Trinajstić information content (AvgIpc) is 3.52. The molecule has 2 unspecified atom stereocenters. The van der Waals surface area contributed by atoms with Gasteiger partial charge in [-0.25, -0.2) is 18.4 Å². The van der Waals surface area contributed by atoms with E-state index in [0.717, 1.165) is 12.0 Å². The van der Waals surface area contributed by atoms with Crippen molar-refractivity contribution >= 4 is 16.0 Å². The number of para-hydroxylation sites is 1. The van der Waals surface area contributed by atoms with Gasteiger partial charge in [0.15, 0.2) is 0 Å². The van der Waals surface area contributed by atoms with Gasteiger partial charge in [-0.05, 0) is 38.0 Å². The van der Waals surface area contributed by atoms with Crippen molar-refractivity contribution in [1.82, 2.24) is 24.7 Å². The highest BCUT2D eigenvalue weighted by molar-refractivity contribution is 7.93. The number of nitrogens with one attached hydrogen (secondary N) is 1. The summed E-state index contributed by atoms with van der Waals surface area (Å²) in [5.74, 6) is 1.49. The van der Waals surface area contributed by atoms with Gasteiger partial charge in [0.25, 0.3) is 0 Å². The second-order valence-electron chi connectivity index (χ2n) is 8.55. The van der Waals surface area contributed by atoms with E-state index < -0.39 is 21.2 Å². The van der Waals surface area contributed by atoms with Gasteiger partial charge in [-0.15, -0.1) is 10.2 Å². The summed E-state index contributed by atoms with van der Waals surface area (Å²) in [6, 6.07) is 5.33. The lowest BCUT2D eigenvalue weighted by molar-refractivity contribution is 0.193. The van der Waals surface area contributed by atoms with Gasteiger partial charge < -0.3 is 14.2 Å². The molecule has 1 aromatic carbocycles. The number of benzene rings is 1. The van der Waals surface area contributed by atoms with E-state index in [4.69, 9.17) is 14.2 Å². The van der Waals surface area contributed by atoms with Gasteiger partial charge in [0.2, 0.25) is 16.0 Å². The minimum atomic E-state index is -3.92. The molecule has 0 amide bonds. The third-order valence-corrected chi connectivity index (χ3v) is 8.10. The Bertz CT molecular complexity index is 1250. The van der Waals surface area contributed by atoms with Crippen LogP contribution in [0.3, 0.4) is 0 Å². The van der Waals surface area contributed by atoms with Crippen molar-refractivity contribution in [1.29, 1.82) is 0 Å². The molecule has 1 aliphatic rings. The van der Waals surface area contributed by atoms with Crippen molar-refractivity contribution in [3.63, 3.8) is 0 Å². The van der Waals surface area contributed by atoms with Crippen LogP contribution in [0.5, 0.6) is 11.5 Å². The molecule has 1 fully saturated rings. The first-order chi connectivity index (χ1) is 16.8. The van der Waals surface area contributed by atoms with Crippen molar-refractivity contribution < 1.29 is 22.6 Å². The Morgan fingerprint density at radius 1 is 1.11 bits per heavy atom. The van der Waals surface area contributed by atoms with Gasteiger partial charge in [-0.1, -0.05) is 13.0 Å². The van der Waals surface area contributed by atoms with Crippen LogP contribution in [0.4, 0.5) is 5.95 Å². The van der Waals surface area contributed by atoms with E-state index in [9.17, 15) is 8.42 Å². The van der Waals surface area contributed by atoms with Crippen molar-refractivity contribution in [2.75, 3.05) is 32.2 Å². The fourth-order valence-corrected chi connectivity index (χ4v) is 5.21. The standard InChI is InChI=1S/C23H30N6O5S/c1-14-11-24-21(25-12-14)15(2)16(3)35(30,31)28-23-27-26-22(17-9-10-34-13-17)29(23)20-18(32-4)7-6-8-19(20)33-5/h6-8,11-12,15-17H,9-10,13H2,1-5H3,(H,27,28)/t15?,16?,17-/m0/s1. The van der Waals surface area contributed by atoms with E-state index in [2.05, 4.69) is 24.9 Å². The largest absolute Gasteiger partial charge is 0.494 e. The molecular weight excluding hydrogens is 472 g/mol. The minimum absolute atomic E-state index is 0.0403. The van der Waals surface area contributed by atoms with Crippen LogP contribution >= 0.6 is 0 Å². The Balaban J connectivity index is 1.76. The molecule has 1 N–H and O–H groups in total. The third kappa shape index (κ3) is 4.94. The van der Waals surface area contributed by atoms with Crippen molar-refractivity contribution in [3.8, 4) is 17.2 Å². The summed E-state index contributed by atoms with van der Waals surface area (Å²) >= 11 is 0. The van der Waals surface area contributed by atoms with Crippen LogP contribution in [0.2, 0.25) is 0 Å². The summed E-state index contributed by atoms with van der Waals surface area (Å²) in [6.45, 7) is 6.32. The highest BCUT2D eigenvalue weighted by atomic mass is 32.2. The zero-order valence-electron chi connectivity index (χ0n) is 20.4. The van der Waals surface area contributed by atoms with Crippen LogP contribution in [-0.4, -0.2) is 65.8 Å². The third-order valence-electron chi connectivity index (χ3n) is 6.24. The van der Waals surface area contributed by atoms with Gasteiger partial charge in [0, 0.05) is 30.8 Å². The number of rotatable bonds is 9. The number of ether oxygens (including phenoxy) is 3. The van der Waals surface area contributed by atoms with Crippen LogP contribution in [0.25, 0.3) is 5.69 Å². The highest BCUT2D eigenvalue weighted by Gasteiger charge is 2.34. The van der Waals surface area contributed by atoms with Crippen LogP contribution in [0, 0.1) is 6.92 Å². The molecule has 12 heteroatoms. The second-order valence-corrected chi connectivity index (χ2v) is 10.6. The molecule has 0 saturated carbocycles. The number of hydrogen-bond donors (Lipinski definition) is 1. The normalized spacial score (nSPS) is 17.7. The van der Waals surface area contributed by atoms with Gasteiger partial charge in [0.1, 0.15) is 28.8 Å². The number of hydrogen-bond acceptors (Lipinski definition) is 9. The van der Waals surface area contributed by atoms with Gasteiger partial charge in [0.05, 0.1) is 26.1 Å². The fraction of sp³-hybridized carbons (Fsp3) is 0.478. The van der Waals surface area contributed by atoms with Crippen molar-refractivity contribution in [3.05, 3.63) is 47.8 Å². The number of aryl methyl sites for hydroxylation is 1. The molecule has 188 valence electrons. The molecule has 3 aromatic rings. The van der Waals surface area contributed by atoms with Crippen molar-refractivity contribution in [2.45, 2.75) is 44.3 Å². The zero-order chi connectivity index (χ0) is 25.2. The molecule has 1 aliphatic heterocycles. The van der Waals surface area contributed by atoms with E-state index in [1.54, 1.807) is 49.0 Å². The molecule has 0 radical (unpaired) electrons. The zero-order valence-corrected chi connectivity index (χ0v) is 21.2. The van der Waals surface area contributed by atoms with Crippen LogP contribution in [0.1, 0.15) is 49.3 Å². The Morgan fingerprint density at radius 2 is 1.77 bits per heavy atom. The predicted octanol–water partition coefficient (Wildman–Crippen LogP) is 2.82. The first-order valence-electron chi connectivity index (χ1n) is 11.3. The number of aromatic nitrogens is 5. The molecule has 2 aromatic heterocycles. The molecule has 35 heavy (non-hydrogen) atoms. The number of methoxy groups -OCH3 is 2. The van der Waals surface area contributed by atoms with Crippen LogP contribution in [-0.2, 0) is 14.8 Å². The number of anilines is 1. The minimum Gasteiger partial charge on any atom is -0.494 e. The molecule has 3 heterocycles. The van der Waals surface area contributed by atoms with Crippen LogP contribution < -0.4 is 14.2 Å². The monoisotopic (exact) mass is 502 g/mol. The molecule has 4 rings (SSSR count). The summed E-state index contributed by atoms with van der Waals surface area (Å²) in [6.07, 6.45) is 4.08. The highest BCUT2D eigenvalue weighted by Crippen LogP contribution is 2.38. The quantitative estimate of drug-likeness (QED) is 0.469. The molecule has 0 bridgehead atoms. The first kappa shape index (κ1) is 24.9. The smallest absolute Gasteiger partial charge is 0.243 e. The SMILES string of the molecule is COc1cccc(OC)c1-n1c(NS(=O)(=O)C(C)C(C)c2ncc(C)cn2)nnc1[C@H]1CCOC1. The van der Waals surface area contributed by atoms with Gasteiger partial charge in [-0.2, -0.15) is 0 Å². The topological polar surface area (TPSA) is 130 Å². The van der Waals surface area contributed by atoms with E-state index >= 15 is 0 Å². The maximum absolute atomic E-state index is 13.5. The lowest BCUT2D eigenvalue weighted by atomic mass is 10.1. The Kier molecular flexibility index (Phi) is 7.22. The summed E-state index contributed by atoms with van der Waals surface area (Å²) in [5, 5.41) is 7.72. The molecule has 1 saturated heterocycles. The van der Waals surface area contributed by atoms with E-state index in [-0.39, 0.29) is 11.9 Å². The van der Waals surface area contributed by atoms with E-state index in [1.807, 2.05) is 6.92 Å². The molecule has 3 atom stereocenters. The Labute approximate surface area is 204 Å². The summed E-state index contributed by atoms with van der Waals surface area (Å²) in [4.78, 5) is 8.61. The van der Waals surface area contributed by atoms with Crippen LogP contribution in [0.15, 0.2) is 30.6 Å². The molecular formula is C23H30N6O5S. The number of sulfonamides is 1. The van der Waals surface area contributed by atoms with E-state index in [1.165, 1.54) is 14.2 Å². The Hall–Kier alpha value is -3.25. The Morgan fingerprint density at radius 3 is 2.34 bits per heavy atom. The second kappa shape index (κ2) is 10.2. The summed E-state index contributed by atoms with van der Waals surface area (Å²) < 4.78 is 48.0. The summed E-state index contributed by atoms with van der Waals surface area (Å²) in [5.41, 5.74) is 1.40. The molecule has 0 aliphatic carbocycles. The van der Waals surface area contributed by atoms with Gasteiger partial charge in [-0.3, -0.25) is 9.29 Å². The predicted molar refractivity (Wildman–Crippen MR) is 130 cm³/mol. The maximum atomic E-state index is 13.5. The van der Waals surface area contributed by atoms with E-state index in [0.29, 0.717) is 42.0 Å². The first-order valence-corrected chi connectivity index (χ1v) is 12.9. The molecule has 0 spiro atoms. The summed E-state index contributed by atoms with van der Waals surface area (Å²) in [7, 11) is -0.841. The lowest BCUT2D eigenvalue weighted by Gasteiger charge is -2.22. The lowest BCUT2D eigenvalue weighted by Crippen LogP contribution is -2.31.